The summed E-state index contributed by atoms with van der Waals surface area (Å²) in [5.74, 6) is -0.641. The van der Waals surface area contributed by atoms with E-state index >= 15 is 0 Å². The lowest BCUT2D eigenvalue weighted by atomic mass is 10.0. The van der Waals surface area contributed by atoms with Crippen molar-refractivity contribution in [2.24, 2.45) is 5.92 Å². The van der Waals surface area contributed by atoms with Crippen LogP contribution < -0.4 is 0 Å². The maximum Gasteiger partial charge on any atom is 0.309 e. The summed E-state index contributed by atoms with van der Waals surface area (Å²) in [6, 6.07) is 21.7. The van der Waals surface area contributed by atoms with Crippen LogP contribution in [-0.2, 0) is 20.5 Å². The van der Waals surface area contributed by atoms with Crippen LogP contribution >= 0.6 is 19.6 Å². The monoisotopic (exact) mass is 413 g/mol. The average molecular weight is 413 g/mol. The molecule has 4 nitrogen and oxygen atoms in total. The Hall–Kier alpha value is -2.10. The minimum Gasteiger partial charge on any atom is -0.466 e. The van der Waals surface area contributed by atoms with Crippen molar-refractivity contribution in [1.29, 1.82) is 0 Å². The number of ether oxygens (including phenoxy) is 1. The summed E-state index contributed by atoms with van der Waals surface area (Å²) >= 11 is 1.49. The molecule has 0 bridgehead atoms. The largest absolute Gasteiger partial charge is 0.466 e. The third-order valence-corrected chi connectivity index (χ3v) is 7.71. The van der Waals surface area contributed by atoms with Gasteiger partial charge >= 0.3 is 5.97 Å². The summed E-state index contributed by atoms with van der Waals surface area (Å²) in [7, 11) is -1.95. The van der Waals surface area contributed by atoms with Gasteiger partial charge in [0.2, 0.25) is 0 Å². The molecule has 3 aromatic rings. The maximum absolute atomic E-state index is 12.7. The van der Waals surface area contributed by atoms with E-state index in [-0.39, 0.29) is 11.9 Å². The molecule has 28 heavy (non-hydrogen) atoms. The molecule has 0 spiro atoms. The van der Waals surface area contributed by atoms with Gasteiger partial charge in [-0.1, -0.05) is 66.4 Å². The standard InChI is InChI=1S/C22H24NO3PS/c1-2-26-22(24)19(14-17-8-4-3-5-9-17)15-27(25)16-28-21-13-12-18-10-6-7-11-20(18)23-21/h3-13,19,27H,2,14-16H2,1H3. The smallest absolute Gasteiger partial charge is 0.309 e. The minimum atomic E-state index is -1.95. The topological polar surface area (TPSA) is 56.3 Å². The molecule has 6 heteroatoms. The number of para-hydroxylation sites is 1. The Bertz CT molecular complexity index is 949. The van der Waals surface area contributed by atoms with E-state index in [2.05, 4.69) is 4.98 Å². The second-order valence-corrected chi connectivity index (χ2v) is 9.86. The van der Waals surface area contributed by atoms with Gasteiger partial charge in [0.25, 0.3) is 0 Å². The van der Waals surface area contributed by atoms with Gasteiger partial charge in [-0.2, -0.15) is 0 Å². The van der Waals surface area contributed by atoms with E-state index in [4.69, 9.17) is 4.74 Å². The summed E-state index contributed by atoms with van der Waals surface area (Å²) in [6.07, 6.45) is 0.911. The fourth-order valence-corrected chi connectivity index (χ4v) is 5.91. The van der Waals surface area contributed by atoms with Crippen LogP contribution in [0.5, 0.6) is 0 Å². The van der Waals surface area contributed by atoms with Gasteiger partial charge in [-0.3, -0.25) is 4.79 Å². The number of hydrogen-bond donors (Lipinski definition) is 0. The molecule has 0 N–H and O–H groups in total. The van der Waals surface area contributed by atoms with Gasteiger partial charge in [0.05, 0.1) is 36.4 Å². The van der Waals surface area contributed by atoms with Crippen LogP contribution in [0.25, 0.3) is 10.9 Å². The molecule has 0 aliphatic carbocycles. The number of fused-ring (bicyclic) bond motifs is 1. The molecule has 0 saturated heterocycles. The van der Waals surface area contributed by atoms with Crippen LogP contribution in [0.1, 0.15) is 12.5 Å². The molecule has 0 fully saturated rings. The molecule has 2 atom stereocenters. The van der Waals surface area contributed by atoms with Crippen molar-refractivity contribution >= 4 is 36.4 Å². The van der Waals surface area contributed by atoms with E-state index in [1.54, 1.807) is 6.92 Å². The first-order valence-electron chi connectivity index (χ1n) is 9.36. The van der Waals surface area contributed by atoms with Crippen LogP contribution in [0.15, 0.2) is 71.8 Å². The SMILES string of the molecule is CCOC(=O)C(Cc1ccccc1)C[PH](=O)CSc1ccc2ccccc2n1. The molecular formula is C22H24NO3PS. The van der Waals surface area contributed by atoms with Gasteiger partial charge in [-0.05, 0) is 31.0 Å². The van der Waals surface area contributed by atoms with Crippen LogP contribution in [0.3, 0.4) is 0 Å². The molecule has 1 heterocycles. The summed E-state index contributed by atoms with van der Waals surface area (Å²) in [6.45, 7) is 2.13. The Kier molecular flexibility index (Phi) is 7.70. The Balaban J connectivity index is 1.61. The summed E-state index contributed by atoms with van der Waals surface area (Å²) < 4.78 is 17.9. The lowest BCUT2D eigenvalue weighted by molar-refractivity contribution is -0.147. The first-order chi connectivity index (χ1) is 13.7. The Labute approximate surface area is 170 Å². The van der Waals surface area contributed by atoms with Crippen molar-refractivity contribution in [3.05, 3.63) is 72.3 Å². The first kappa shape index (κ1) is 20.6. The van der Waals surface area contributed by atoms with Crippen molar-refractivity contribution in [3.8, 4) is 0 Å². The number of aromatic nitrogens is 1. The number of rotatable bonds is 9. The van der Waals surface area contributed by atoms with E-state index in [1.165, 1.54) is 11.8 Å². The van der Waals surface area contributed by atoms with Gasteiger partial charge < -0.3 is 9.30 Å². The number of benzene rings is 2. The zero-order chi connectivity index (χ0) is 19.8. The zero-order valence-corrected chi connectivity index (χ0v) is 17.7. The molecule has 0 amide bonds. The molecule has 1 aromatic heterocycles. The third-order valence-electron chi connectivity index (χ3n) is 4.37. The van der Waals surface area contributed by atoms with Crippen LogP contribution in [-0.4, -0.2) is 29.2 Å². The quantitative estimate of drug-likeness (QED) is 0.272. The van der Waals surface area contributed by atoms with Crippen LogP contribution in [0.2, 0.25) is 0 Å². The van der Waals surface area contributed by atoms with Crippen LogP contribution in [0.4, 0.5) is 0 Å². The second-order valence-electron chi connectivity index (χ2n) is 6.51. The molecule has 2 aromatic carbocycles. The van der Waals surface area contributed by atoms with Crippen molar-refractivity contribution in [2.45, 2.75) is 18.4 Å². The number of carbonyl (C=O) groups is 1. The third kappa shape index (κ3) is 5.95. The van der Waals surface area contributed by atoms with E-state index in [1.807, 2.05) is 66.7 Å². The highest BCUT2D eigenvalue weighted by Crippen LogP contribution is 2.34. The van der Waals surface area contributed by atoms with Gasteiger partial charge in [-0.15, -0.1) is 0 Å². The molecule has 3 rings (SSSR count). The number of hydrogen-bond acceptors (Lipinski definition) is 5. The fourth-order valence-electron chi connectivity index (χ4n) is 3.01. The molecule has 0 aliphatic heterocycles. The van der Waals surface area contributed by atoms with Gasteiger partial charge in [0.1, 0.15) is 0 Å². The van der Waals surface area contributed by atoms with E-state index in [9.17, 15) is 9.36 Å². The molecule has 0 radical (unpaired) electrons. The molecular weight excluding hydrogens is 389 g/mol. The van der Waals surface area contributed by atoms with E-state index in [0.29, 0.717) is 24.7 Å². The summed E-state index contributed by atoms with van der Waals surface area (Å²) in [4.78, 5) is 16.9. The highest BCUT2D eigenvalue weighted by molar-refractivity contribution is 8.03. The van der Waals surface area contributed by atoms with Crippen molar-refractivity contribution in [1.82, 2.24) is 4.98 Å². The normalized spacial score (nSPS) is 13.2. The highest BCUT2D eigenvalue weighted by Gasteiger charge is 2.23. The van der Waals surface area contributed by atoms with E-state index < -0.39 is 7.80 Å². The molecule has 0 saturated carbocycles. The first-order valence-corrected chi connectivity index (χ1v) is 12.2. The number of thioether (sulfide) groups is 1. The number of nitrogens with zero attached hydrogens (tertiary/aromatic N) is 1. The Morgan fingerprint density at radius 2 is 1.82 bits per heavy atom. The van der Waals surface area contributed by atoms with Gasteiger partial charge in [0, 0.05) is 11.5 Å². The predicted octanol–water partition coefficient (Wildman–Crippen LogP) is 5.27. The lowest BCUT2D eigenvalue weighted by Gasteiger charge is -2.15. The fraction of sp³-hybridized carbons (Fsp3) is 0.273. The molecule has 0 aliphatic rings. The number of carbonyl (C=O) groups excluding carboxylic acids is 1. The molecule has 2 unspecified atom stereocenters. The van der Waals surface area contributed by atoms with Crippen molar-refractivity contribution in [2.75, 3.05) is 18.3 Å². The van der Waals surface area contributed by atoms with Crippen molar-refractivity contribution in [3.63, 3.8) is 0 Å². The summed E-state index contributed by atoms with van der Waals surface area (Å²) in [5.41, 5.74) is 2.46. The lowest BCUT2D eigenvalue weighted by Crippen LogP contribution is -2.22. The predicted molar refractivity (Wildman–Crippen MR) is 117 cm³/mol. The second kappa shape index (κ2) is 10.4. The Morgan fingerprint density at radius 3 is 2.61 bits per heavy atom. The van der Waals surface area contributed by atoms with E-state index in [0.717, 1.165) is 21.5 Å². The Morgan fingerprint density at radius 1 is 1.07 bits per heavy atom. The molecule has 146 valence electrons. The summed E-state index contributed by atoms with van der Waals surface area (Å²) in [5, 5.41) is 1.94. The van der Waals surface area contributed by atoms with Gasteiger partial charge in [0.15, 0.2) is 0 Å². The zero-order valence-electron chi connectivity index (χ0n) is 15.8. The minimum absolute atomic E-state index is 0.265. The highest BCUT2D eigenvalue weighted by atomic mass is 32.2. The number of pyridine rings is 1. The van der Waals surface area contributed by atoms with Crippen molar-refractivity contribution < 1.29 is 14.1 Å². The number of esters is 1. The maximum atomic E-state index is 12.7. The van der Waals surface area contributed by atoms with Gasteiger partial charge in [-0.25, -0.2) is 4.98 Å². The average Bonchev–Trinajstić information content (AvgIpc) is 2.72. The van der Waals surface area contributed by atoms with Crippen LogP contribution in [0, 0.1) is 5.92 Å².